The number of hydrogen-bond donors (Lipinski definition) is 1. The van der Waals surface area contributed by atoms with Crippen molar-refractivity contribution in [1.82, 2.24) is 4.90 Å². The first kappa shape index (κ1) is 10.7. The van der Waals surface area contributed by atoms with Crippen LogP contribution in [-0.4, -0.2) is 35.6 Å². The molecule has 84 valence electrons. The molecule has 2 rings (SSSR count). The maximum atomic E-state index is 12.1. The van der Waals surface area contributed by atoms with Crippen LogP contribution in [0.1, 0.15) is 25.7 Å². The Morgan fingerprint density at radius 1 is 1.40 bits per heavy atom. The van der Waals surface area contributed by atoms with Gasteiger partial charge >= 0.3 is 0 Å². The van der Waals surface area contributed by atoms with Crippen LogP contribution >= 0.6 is 0 Å². The van der Waals surface area contributed by atoms with Crippen LogP contribution in [0.5, 0.6) is 0 Å². The number of piperidine rings is 1. The quantitative estimate of drug-likeness (QED) is 0.694. The van der Waals surface area contributed by atoms with Crippen molar-refractivity contribution in [1.29, 1.82) is 0 Å². The minimum atomic E-state index is 0.183. The molecule has 0 spiro atoms. The molecule has 3 heteroatoms. The smallest absolute Gasteiger partial charge is 0.226 e. The van der Waals surface area contributed by atoms with E-state index in [0.29, 0.717) is 5.92 Å². The summed E-state index contributed by atoms with van der Waals surface area (Å²) in [5.74, 6) is 0.776. The lowest BCUT2D eigenvalue weighted by atomic mass is 9.96. The Morgan fingerprint density at radius 2 is 2.13 bits per heavy atom. The van der Waals surface area contributed by atoms with Gasteiger partial charge in [-0.1, -0.05) is 12.2 Å². The van der Waals surface area contributed by atoms with Crippen LogP contribution in [0, 0.1) is 11.8 Å². The van der Waals surface area contributed by atoms with Crippen LogP contribution in [-0.2, 0) is 4.79 Å². The number of carbonyl (C=O) groups excluding carboxylic acids is 1. The molecule has 1 N–H and O–H groups in total. The van der Waals surface area contributed by atoms with E-state index < -0.39 is 0 Å². The van der Waals surface area contributed by atoms with Gasteiger partial charge in [-0.2, -0.15) is 0 Å². The van der Waals surface area contributed by atoms with Crippen LogP contribution in [0.15, 0.2) is 12.2 Å². The molecule has 1 amide bonds. The summed E-state index contributed by atoms with van der Waals surface area (Å²) < 4.78 is 0. The van der Waals surface area contributed by atoms with E-state index in [1.54, 1.807) is 0 Å². The lowest BCUT2D eigenvalue weighted by molar-refractivity contribution is -0.137. The summed E-state index contributed by atoms with van der Waals surface area (Å²) in [5.41, 5.74) is 0. The van der Waals surface area contributed by atoms with Gasteiger partial charge in [0.05, 0.1) is 0 Å². The monoisotopic (exact) mass is 209 g/mol. The van der Waals surface area contributed by atoms with E-state index >= 15 is 0 Å². The number of aliphatic hydroxyl groups excluding tert-OH is 1. The number of likely N-dealkylation sites (tertiary alicyclic amines) is 1. The first-order valence-corrected chi connectivity index (χ1v) is 5.86. The molecule has 0 saturated carbocycles. The van der Waals surface area contributed by atoms with Crippen molar-refractivity contribution in [2.24, 2.45) is 11.8 Å². The van der Waals surface area contributed by atoms with Gasteiger partial charge in [0.25, 0.3) is 0 Å². The maximum Gasteiger partial charge on any atom is 0.226 e. The fourth-order valence-corrected chi connectivity index (χ4v) is 2.49. The molecule has 1 aliphatic carbocycles. The Hall–Kier alpha value is -0.830. The van der Waals surface area contributed by atoms with Gasteiger partial charge in [0.2, 0.25) is 5.91 Å². The molecule has 1 atom stereocenters. The third kappa shape index (κ3) is 2.40. The Morgan fingerprint density at radius 3 is 2.80 bits per heavy atom. The molecule has 1 saturated heterocycles. The molecular formula is C12H19NO2. The predicted octanol–water partition coefficient (Wildman–Crippen LogP) is 1.18. The molecule has 1 fully saturated rings. The summed E-state index contributed by atoms with van der Waals surface area (Å²) in [6.45, 7) is 1.85. The first-order chi connectivity index (χ1) is 7.31. The fraction of sp³-hybridized carbons (Fsp3) is 0.750. The summed E-state index contributed by atoms with van der Waals surface area (Å²) in [7, 11) is 0. The zero-order chi connectivity index (χ0) is 10.7. The van der Waals surface area contributed by atoms with Crippen LogP contribution < -0.4 is 0 Å². The number of nitrogens with zero attached hydrogens (tertiary/aromatic N) is 1. The van der Waals surface area contributed by atoms with E-state index in [-0.39, 0.29) is 18.4 Å². The number of hydrogen-bond acceptors (Lipinski definition) is 2. The van der Waals surface area contributed by atoms with Gasteiger partial charge in [-0.3, -0.25) is 4.79 Å². The molecule has 15 heavy (non-hydrogen) atoms. The molecule has 3 nitrogen and oxygen atoms in total. The molecule has 0 aromatic carbocycles. The second-order valence-corrected chi connectivity index (χ2v) is 4.61. The SMILES string of the molecule is O=C(C1CC=CC1)N1CCC[C@H](CO)C1. The topological polar surface area (TPSA) is 40.5 Å². The number of carbonyl (C=O) groups is 1. The Labute approximate surface area is 90.8 Å². The maximum absolute atomic E-state index is 12.1. The summed E-state index contributed by atoms with van der Waals surface area (Å²) in [6.07, 6.45) is 8.09. The highest BCUT2D eigenvalue weighted by Crippen LogP contribution is 2.23. The van der Waals surface area contributed by atoms with Gasteiger partial charge in [0.1, 0.15) is 0 Å². The third-order valence-corrected chi connectivity index (χ3v) is 3.45. The first-order valence-electron chi connectivity index (χ1n) is 5.86. The minimum Gasteiger partial charge on any atom is -0.396 e. The Balaban J connectivity index is 1.89. The van der Waals surface area contributed by atoms with Crippen molar-refractivity contribution < 1.29 is 9.90 Å². The molecule has 0 aromatic heterocycles. The van der Waals surface area contributed by atoms with Crippen LogP contribution in [0.25, 0.3) is 0 Å². The van der Waals surface area contributed by atoms with Crippen molar-refractivity contribution in [3.63, 3.8) is 0 Å². The molecular weight excluding hydrogens is 190 g/mol. The number of amides is 1. The largest absolute Gasteiger partial charge is 0.396 e. The van der Waals surface area contributed by atoms with E-state index in [9.17, 15) is 4.79 Å². The summed E-state index contributed by atoms with van der Waals surface area (Å²) >= 11 is 0. The second kappa shape index (κ2) is 4.79. The normalized spacial score (nSPS) is 27.3. The average molecular weight is 209 g/mol. The Bertz CT molecular complexity index is 254. The van der Waals surface area contributed by atoms with Gasteiger partial charge in [-0.25, -0.2) is 0 Å². The van der Waals surface area contributed by atoms with Crippen molar-refractivity contribution in [2.75, 3.05) is 19.7 Å². The molecule has 0 bridgehead atoms. The highest BCUT2D eigenvalue weighted by atomic mass is 16.3. The van der Waals surface area contributed by atoms with E-state index in [1.807, 2.05) is 4.90 Å². The molecule has 0 radical (unpaired) electrons. The van der Waals surface area contributed by atoms with Crippen molar-refractivity contribution in [3.05, 3.63) is 12.2 Å². The van der Waals surface area contributed by atoms with Crippen molar-refractivity contribution in [3.8, 4) is 0 Å². The summed E-state index contributed by atoms with van der Waals surface area (Å²) in [6, 6.07) is 0. The predicted molar refractivity (Wildman–Crippen MR) is 58.3 cm³/mol. The molecule has 1 aliphatic heterocycles. The number of allylic oxidation sites excluding steroid dienone is 2. The lowest BCUT2D eigenvalue weighted by Gasteiger charge is -2.33. The van der Waals surface area contributed by atoms with E-state index in [1.165, 1.54) is 0 Å². The lowest BCUT2D eigenvalue weighted by Crippen LogP contribution is -2.43. The van der Waals surface area contributed by atoms with Gasteiger partial charge in [0, 0.05) is 25.6 Å². The highest BCUT2D eigenvalue weighted by molar-refractivity contribution is 5.79. The van der Waals surface area contributed by atoms with Crippen LogP contribution in [0.3, 0.4) is 0 Å². The molecule has 1 heterocycles. The second-order valence-electron chi connectivity index (χ2n) is 4.61. The van der Waals surface area contributed by atoms with Crippen LogP contribution in [0.4, 0.5) is 0 Å². The van der Waals surface area contributed by atoms with Gasteiger partial charge in [-0.05, 0) is 31.6 Å². The van der Waals surface area contributed by atoms with Gasteiger partial charge < -0.3 is 10.0 Å². The summed E-state index contributed by atoms with van der Waals surface area (Å²) in [4.78, 5) is 14.0. The van der Waals surface area contributed by atoms with Crippen LogP contribution in [0.2, 0.25) is 0 Å². The van der Waals surface area contributed by atoms with Crippen molar-refractivity contribution in [2.45, 2.75) is 25.7 Å². The zero-order valence-corrected chi connectivity index (χ0v) is 9.06. The average Bonchev–Trinajstić information content (AvgIpc) is 2.81. The molecule has 0 aromatic rings. The molecule has 2 aliphatic rings. The number of aliphatic hydroxyl groups is 1. The number of rotatable bonds is 2. The van der Waals surface area contributed by atoms with E-state index in [0.717, 1.165) is 38.8 Å². The zero-order valence-electron chi connectivity index (χ0n) is 9.06. The Kier molecular flexibility index (Phi) is 3.41. The highest BCUT2D eigenvalue weighted by Gasteiger charge is 2.28. The summed E-state index contributed by atoms with van der Waals surface area (Å²) in [5, 5.41) is 9.11. The van der Waals surface area contributed by atoms with E-state index in [4.69, 9.17) is 5.11 Å². The minimum absolute atomic E-state index is 0.183. The third-order valence-electron chi connectivity index (χ3n) is 3.45. The fourth-order valence-electron chi connectivity index (χ4n) is 2.49. The van der Waals surface area contributed by atoms with E-state index in [2.05, 4.69) is 12.2 Å². The molecule has 0 unspecified atom stereocenters. The standard InChI is InChI=1S/C12H19NO2/c14-9-10-4-3-7-13(8-10)12(15)11-5-1-2-6-11/h1-2,10-11,14H,3-9H2/t10-/m0/s1. The van der Waals surface area contributed by atoms with Crippen molar-refractivity contribution >= 4 is 5.91 Å². The van der Waals surface area contributed by atoms with Gasteiger partial charge in [-0.15, -0.1) is 0 Å². The van der Waals surface area contributed by atoms with Gasteiger partial charge in [0.15, 0.2) is 0 Å².